The Labute approximate surface area is 172 Å². The molecule has 6 heteroatoms. The number of rotatable bonds is 10. The maximum Gasteiger partial charge on any atom is 0.242 e. The lowest BCUT2D eigenvalue weighted by molar-refractivity contribution is -0.141. The number of carbonyl (C=O) groups is 2. The molecule has 0 fully saturated rings. The molecule has 0 saturated heterocycles. The minimum Gasteiger partial charge on any atom is -0.353 e. The van der Waals surface area contributed by atoms with E-state index in [4.69, 9.17) is 0 Å². The third kappa shape index (κ3) is 6.82. The van der Waals surface area contributed by atoms with Gasteiger partial charge < -0.3 is 14.4 Å². The van der Waals surface area contributed by atoms with Gasteiger partial charge in [0.05, 0.1) is 19.5 Å². The van der Waals surface area contributed by atoms with Crippen LogP contribution in [-0.2, 0) is 29.6 Å². The van der Waals surface area contributed by atoms with Crippen LogP contribution in [0.3, 0.4) is 0 Å². The molecular weight excluding hydrogens is 370 g/mol. The zero-order valence-electron chi connectivity index (χ0n) is 17.7. The average molecular weight is 404 g/mol. The lowest BCUT2D eigenvalue weighted by atomic mass is 10.1. The molecule has 2 amide bonds. The summed E-state index contributed by atoms with van der Waals surface area (Å²) in [7, 11) is 1.99. The molecule has 2 rings (SSSR count). The van der Waals surface area contributed by atoms with E-state index in [1.807, 2.05) is 52.4 Å². The van der Waals surface area contributed by atoms with Crippen LogP contribution >= 0.6 is 11.3 Å². The summed E-state index contributed by atoms with van der Waals surface area (Å²) in [5, 5.41) is 1.98. The van der Waals surface area contributed by atoms with Crippen molar-refractivity contribution in [1.82, 2.24) is 14.4 Å². The molecule has 2 heterocycles. The van der Waals surface area contributed by atoms with E-state index in [9.17, 15) is 9.59 Å². The predicted octanol–water partition coefficient (Wildman–Crippen LogP) is 3.80. The molecule has 0 spiro atoms. The first kappa shape index (κ1) is 22.2. The number of thiophene rings is 1. The molecular formula is C22H33N3O2S. The van der Waals surface area contributed by atoms with E-state index >= 15 is 0 Å². The molecule has 0 aliphatic rings. The number of aromatic nitrogens is 1. The zero-order valence-corrected chi connectivity index (χ0v) is 18.5. The van der Waals surface area contributed by atoms with Crippen LogP contribution in [0, 0.1) is 11.8 Å². The first-order valence-corrected chi connectivity index (χ1v) is 10.8. The third-order valence-electron chi connectivity index (χ3n) is 4.51. The van der Waals surface area contributed by atoms with Crippen molar-refractivity contribution in [2.75, 3.05) is 19.6 Å². The van der Waals surface area contributed by atoms with E-state index in [0.29, 0.717) is 37.9 Å². The lowest BCUT2D eigenvalue weighted by Crippen LogP contribution is -2.45. The predicted molar refractivity (Wildman–Crippen MR) is 115 cm³/mol. The maximum absolute atomic E-state index is 13.1. The molecule has 28 heavy (non-hydrogen) atoms. The summed E-state index contributed by atoms with van der Waals surface area (Å²) in [5.41, 5.74) is 1.09. The Morgan fingerprint density at radius 3 is 2.21 bits per heavy atom. The molecule has 0 radical (unpaired) electrons. The van der Waals surface area contributed by atoms with E-state index in [0.717, 1.165) is 10.6 Å². The summed E-state index contributed by atoms with van der Waals surface area (Å²) in [5.74, 6) is 0.707. The topological polar surface area (TPSA) is 45.6 Å². The van der Waals surface area contributed by atoms with E-state index in [2.05, 4.69) is 27.7 Å². The minimum atomic E-state index is 0.00933. The molecule has 0 atom stereocenters. The maximum atomic E-state index is 13.1. The van der Waals surface area contributed by atoms with Crippen LogP contribution in [0.1, 0.15) is 38.3 Å². The molecule has 2 aromatic rings. The van der Waals surface area contributed by atoms with Gasteiger partial charge in [0.2, 0.25) is 11.8 Å². The van der Waals surface area contributed by atoms with Crippen molar-refractivity contribution >= 4 is 23.2 Å². The van der Waals surface area contributed by atoms with Gasteiger partial charge in [0, 0.05) is 36.9 Å². The molecule has 5 nitrogen and oxygen atoms in total. The summed E-state index contributed by atoms with van der Waals surface area (Å²) in [6.07, 6.45) is 2.35. The average Bonchev–Trinajstić information content (AvgIpc) is 3.25. The molecule has 2 aromatic heterocycles. The van der Waals surface area contributed by atoms with Gasteiger partial charge in [-0.3, -0.25) is 9.59 Å². The Kier molecular flexibility index (Phi) is 8.30. The standard InChI is InChI=1S/C22H33N3O2S/c1-17(2)13-24(15-19-8-6-10-23(19)5)22(27)16-25(14-18(3)4)21(26)12-20-9-7-11-28-20/h6-11,17-18H,12-16H2,1-5H3. The summed E-state index contributed by atoms with van der Waals surface area (Å²) >= 11 is 1.58. The van der Waals surface area contributed by atoms with E-state index in [1.54, 1.807) is 16.2 Å². The second-order valence-electron chi connectivity index (χ2n) is 8.20. The molecule has 0 saturated carbocycles. The second kappa shape index (κ2) is 10.5. The summed E-state index contributed by atoms with van der Waals surface area (Å²) < 4.78 is 2.04. The number of aryl methyl sites for hydroxylation is 1. The van der Waals surface area contributed by atoms with Crippen LogP contribution in [0.2, 0.25) is 0 Å². The second-order valence-corrected chi connectivity index (χ2v) is 9.24. The van der Waals surface area contributed by atoms with Crippen LogP contribution in [0.5, 0.6) is 0 Å². The van der Waals surface area contributed by atoms with Gasteiger partial charge in [0.1, 0.15) is 0 Å². The fourth-order valence-electron chi connectivity index (χ4n) is 3.18. The summed E-state index contributed by atoms with van der Waals surface area (Å²) in [6.45, 7) is 10.3. The lowest BCUT2D eigenvalue weighted by Gasteiger charge is -2.30. The van der Waals surface area contributed by atoms with Gasteiger partial charge in [-0.05, 0) is 35.4 Å². The molecule has 0 aliphatic carbocycles. The Morgan fingerprint density at radius 1 is 1.00 bits per heavy atom. The first-order valence-electron chi connectivity index (χ1n) is 9.94. The van der Waals surface area contributed by atoms with Crippen molar-refractivity contribution in [3.05, 3.63) is 46.4 Å². The fraction of sp³-hybridized carbons (Fsp3) is 0.545. The van der Waals surface area contributed by atoms with Gasteiger partial charge >= 0.3 is 0 Å². The number of nitrogens with zero attached hydrogens (tertiary/aromatic N) is 3. The quantitative estimate of drug-likeness (QED) is 0.606. The SMILES string of the molecule is CC(C)CN(CC(=O)N(Cc1cccn1C)CC(C)C)C(=O)Cc1cccs1. The van der Waals surface area contributed by atoms with E-state index in [-0.39, 0.29) is 18.4 Å². The molecule has 0 bridgehead atoms. The van der Waals surface area contributed by atoms with Gasteiger partial charge in [0.15, 0.2) is 0 Å². The molecule has 0 unspecified atom stereocenters. The fourth-order valence-corrected chi connectivity index (χ4v) is 3.88. The number of carbonyl (C=O) groups excluding carboxylic acids is 2. The van der Waals surface area contributed by atoms with Gasteiger partial charge in [-0.2, -0.15) is 0 Å². The van der Waals surface area contributed by atoms with Crippen LogP contribution in [0.4, 0.5) is 0 Å². The molecule has 0 aliphatic heterocycles. The van der Waals surface area contributed by atoms with Gasteiger partial charge in [-0.1, -0.05) is 33.8 Å². The largest absolute Gasteiger partial charge is 0.353 e. The van der Waals surface area contributed by atoms with Gasteiger partial charge in [0.25, 0.3) is 0 Å². The van der Waals surface area contributed by atoms with E-state index < -0.39 is 0 Å². The van der Waals surface area contributed by atoms with Crippen LogP contribution in [0.25, 0.3) is 0 Å². The third-order valence-corrected chi connectivity index (χ3v) is 5.39. The normalized spacial score (nSPS) is 11.2. The minimum absolute atomic E-state index is 0.00933. The first-order chi connectivity index (χ1) is 13.3. The zero-order chi connectivity index (χ0) is 20.7. The Hall–Kier alpha value is -2.08. The molecule has 0 aromatic carbocycles. The van der Waals surface area contributed by atoms with Gasteiger partial charge in [-0.25, -0.2) is 0 Å². The van der Waals surface area contributed by atoms with Crippen molar-refractivity contribution < 1.29 is 9.59 Å². The highest BCUT2D eigenvalue weighted by atomic mass is 32.1. The van der Waals surface area contributed by atoms with Crippen molar-refractivity contribution in [2.24, 2.45) is 18.9 Å². The number of amides is 2. The van der Waals surface area contributed by atoms with Crippen molar-refractivity contribution in [3.63, 3.8) is 0 Å². The number of hydrogen-bond donors (Lipinski definition) is 0. The highest BCUT2D eigenvalue weighted by Crippen LogP contribution is 2.13. The van der Waals surface area contributed by atoms with Crippen LogP contribution < -0.4 is 0 Å². The Morgan fingerprint density at radius 2 is 1.68 bits per heavy atom. The monoisotopic (exact) mass is 403 g/mol. The van der Waals surface area contributed by atoms with Crippen molar-refractivity contribution in [2.45, 2.75) is 40.7 Å². The Bertz CT molecular complexity index is 750. The highest BCUT2D eigenvalue weighted by Gasteiger charge is 2.23. The Balaban J connectivity index is 2.10. The molecule has 0 N–H and O–H groups in total. The van der Waals surface area contributed by atoms with E-state index in [1.165, 1.54) is 0 Å². The summed E-state index contributed by atoms with van der Waals surface area (Å²) in [4.78, 5) is 30.6. The van der Waals surface area contributed by atoms with Crippen LogP contribution in [0.15, 0.2) is 35.8 Å². The molecule has 154 valence electrons. The highest BCUT2D eigenvalue weighted by molar-refractivity contribution is 7.10. The van der Waals surface area contributed by atoms with Crippen molar-refractivity contribution in [3.8, 4) is 0 Å². The smallest absolute Gasteiger partial charge is 0.242 e. The van der Waals surface area contributed by atoms with Crippen molar-refractivity contribution in [1.29, 1.82) is 0 Å². The van der Waals surface area contributed by atoms with Gasteiger partial charge in [-0.15, -0.1) is 11.3 Å². The summed E-state index contributed by atoms with van der Waals surface area (Å²) in [6, 6.07) is 7.95. The number of hydrogen-bond acceptors (Lipinski definition) is 3. The van der Waals surface area contributed by atoms with Crippen LogP contribution in [-0.4, -0.2) is 45.8 Å².